The molecule has 1 saturated heterocycles. The number of hydrogen-bond donors (Lipinski definition) is 0. The van der Waals surface area contributed by atoms with Gasteiger partial charge in [0.2, 0.25) is 0 Å². The summed E-state index contributed by atoms with van der Waals surface area (Å²) < 4.78 is 5.12. The van der Waals surface area contributed by atoms with Crippen molar-refractivity contribution in [3.05, 3.63) is 39.8 Å². The van der Waals surface area contributed by atoms with Crippen LogP contribution in [0.15, 0.2) is 34.2 Å². The molecule has 0 aromatic heterocycles. The fourth-order valence-corrected chi connectivity index (χ4v) is 3.92. The van der Waals surface area contributed by atoms with E-state index in [0.29, 0.717) is 28.2 Å². The molecule has 0 spiro atoms. The number of amides is 1. The van der Waals surface area contributed by atoms with Gasteiger partial charge >= 0.3 is 5.97 Å². The number of amidine groups is 1. The summed E-state index contributed by atoms with van der Waals surface area (Å²) >= 11 is 7.24. The van der Waals surface area contributed by atoms with Crippen molar-refractivity contribution in [2.45, 2.75) is 19.8 Å². The van der Waals surface area contributed by atoms with Crippen LogP contribution in [-0.4, -0.2) is 41.6 Å². The number of piperidine rings is 1. The molecule has 0 radical (unpaired) electrons. The number of likely N-dealkylation sites (tertiary alicyclic amines) is 1. The van der Waals surface area contributed by atoms with E-state index in [1.807, 2.05) is 30.0 Å². The molecular formula is C18H19ClN2O3S. The Morgan fingerprint density at radius 3 is 2.92 bits per heavy atom. The lowest BCUT2D eigenvalue weighted by molar-refractivity contribution is -0.149. The van der Waals surface area contributed by atoms with Gasteiger partial charge < -0.3 is 9.64 Å². The fourth-order valence-electron chi connectivity index (χ4n) is 2.85. The summed E-state index contributed by atoms with van der Waals surface area (Å²) in [5.41, 5.74) is 0.903. The Hall–Kier alpha value is -1.79. The van der Waals surface area contributed by atoms with E-state index < -0.39 is 0 Å². The summed E-state index contributed by atoms with van der Waals surface area (Å²) in [7, 11) is 0. The first-order valence-electron chi connectivity index (χ1n) is 8.26. The lowest BCUT2D eigenvalue weighted by Crippen LogP contribution is -2.41. The van der Waals surface area contributed by atoms with E-state index in [9.17, 15) is 9.59 Å². The Labute approximate surface area is 156 Å². The number of halogens is 1. The molecule has 0 N–H and O–H groups in total. The van der Waals surface area contributed by atoms with Crippen LogP contribution < -0.4 is 0 Å². The molecule has 0 bridgehead atoms. The molecule has 0 saturated carbocycles. The first kappa shape index (κ1) is 18.0. The van der Waals surface area contributed by atoms with Crippen LogP contribution in [0.5, 0.6) is 0 Å². The van der Waals surface area contributed by atoms with Crippen molar-refractivity contribution in [1.29, 1.82) is 0 Å². The molecule has 3 rings (SSSR count). The van der Waals surface area contributed by atoms with Crippen molar-refractivity contribution in [1.82, 2.24) is 4.90 Å². The van der Waals surface area contributed by atoms with Gasteiger partial charge in [-0.3, -0.25) is 9.59 Å². The lowest BCUT2D eigenvalue weighted by atomic mass is 9.99. The summed E-state index contributed by atoms with van der Waals surface area (Å²) in [6.07, 6.45) is 3.51. The number of hydrogen-bond acceptors (Lipinski definition) is 5. The van der Waals surface area contributed by atoms with Crippen LogP contribution >= 0.6 is 23.4 Å². The molecule has 1 aromatic carbocycles. The first-order valence-corrected chi connectivity index (χ1v) is 9.46. The van der Waals surface area contributed by atoms with Crippen molar-refractivity contribution in [2.75, 3.05) is 19.7 Å². The number of nitrogens with zero attached hydrogens (tertiary/aromatic N) is 2. The molecule has 25 heavy (non-hydrogen) atoms. The number of ether oxygens (including phenoxy) is 1. The lowest BCUT2D eigenvalue weighted by Gasteiger charge is -2.32. The van der Waals surface area contributed by atoms with Crippen LogP contribution in [-0.2, 0) is 14.3 Å². The van der Waals surface area contributed by atoms with Crippen molar-refractivity contribution in [3.8, 4) is 0 Å². The van der Waals surface area contributed by atoms with E-state index in [0.717, 1.165) is 24.9 Å². The number of carbonyl (C=O) groups is 2. The van der Waals surface area contributed by atoms with Gasteiger partial charge in [0.1, 0.15) is 0 Å². The summed E-state index contributed by atoms with van der Waals surface area (Å²) in [4.78, 5) is 30.9. The van der Waals surface area contributed by atoms with Crippen molar-refractivity contribution in [2.24, 2.45) is 10.9 Å². The Morgan fingerprint density at radius 2 is 2.20 bits per heavy atom. The number of carbonyl (C=O) groups excluding carboxylic acids is 2. The second kappa shape index (κ2) is 8.06. The van der Waals surface area contributed by atoms with E-state index >= 15 is 0 Å². The quantitative estimate of drug-likeness (QED) is 0.594. The van der Waals surface area contributed by atoms with Gasteiger partial charge in [-0.15, -0.1) is 0 Å². The zero-order valence-electron chi connectivity index (χ0n) is 13.9. The predicted octanol–water partition coefficient (Wildman–Crippen LogP) is 3.59. The molecule has 1 atom stereocenters. The maximum atomic E-state index is 12.2. The summed E-state index contributed by atoms with van der Waals surface area (Å²) in [6.45, 7) is 3.54. The van der Waals surface area contributed by atoms with Gasteiger partial charge in [-0.05, 0) is 55.3 Å². The molecule has 1 unspecified atom stereocenters. The Balaban J connectivity index is 1.68. The van der Waals surface area contributed by atoms with Gasteiger partial charge in [0.15, 0.2) is 5.17 Å². The third-order valence-corrected chi connectivity index (χ3v) is 5.39. The molecule has 1 fully saturated rings. The van der Waals surface area contributed by atoms with Crippen molar-refractivity contribution < 1.29 is 14.3 Å². The number of thioether (sulfide) groups is 1. The average Bonchev–Trinajstić information content (AvgIpc) is 2.98. The van der Waals surface area contributed by atoms with Crippen LogP contribution in [0.1, 0.15) is 25.3 Å². The maximum Gasteiger partial charge on any atom is 0.310 e. The van der Waals surface area contributed by atoms with Crippen LogP contribution in [0.2, 0.25) is 5.02 Å². The topological polar surface area (TPSA) is 59.0 Å². The second-order valence-corrected chi connectivity index (χ2v) is 7.34. The van der Waals surface area contributed by atoms with E-state index in [-0.39, 0.29) is 17.8 Å². The van der Waals surface area contributed by atoms with Crippen LogP contribution in [0, 0.1) is 5.92 Å². The SMILES string of the molecule is CCOC(=O)C1CCCN(C2=NC(=O)/C(=C/c3ccc(Cl)cc3)S2)C1. The van der Waals surface area contributed by atoms with E-state index in [1.165, 1.54) is 11.8 Å². The molecule has 0 aliphatic carbocycles. The average molecular weight is 379 g/mol. The molecular weight excluding hydrogens is 360 g/mol. The Bertz CT molecular complexity index is 730. The fraction of sp³-hybridized carbons (Fsp3) is 0.389. The third-order valence-electron chi connectivity index (χ3n) is 4.09. The first-order chi connectivity index (χ1) is 12.1. The van der Waals surface area contributed by atoms with Gasteiger partial charge in [0.05, 0.1) is 17.4 Å². The molecule has 7 heteroatoms. The summed E-state index contributed by atoms with van der Waals surface area (Å²) in [5, 5.41) is 1.32. The number of benzene rings is 1. The molecule has 132 valence electrons. The molecule has 5 nitrogen and oxygen atoms in total. The van der Waals surface area contributed by atoms with E-state index in [2.05, 4.69) is 4.99 Å². The molecule has 2 aliphatic heterocycles. The minimum absolute atomic E-state index is 0.156. The largest absolute Gasteiger partial charge is 0.466 e. The minimum Gasteiger partial charge on any atom is -0.466 e. The number of esters is 1. The van der Waals surface area contributed by atoms with Crippen molar-refractivity contribution in [3.63, 3.8) is 0 Å². The zero-order valence-corrected chi connectivity index (χ0v) is 15.5. The highest BCUT2D eigenvalue weighted by atomic mass is 35.5. The number of aliphatic imine (C=N–C) groups is 1. The summed E-state index contributed by atoms with van der Waals surface area (Å²) in [5.74, 6) is -0.566. The van der Waals surface area contributed by atoms with Gasteiger partial charge in [-0.2, -0.15) is 4.99 Å². The van der Waals surface area contributed by atoms with Gasteiger partial charge in [0, 0.05) is 18.1 Å². The van der Waals surface area contributed by atoms with Gasteiger partial charge in [-0.25, -0.2) is 0 Å². The van der Waals surface area contributed by atoms with Crippen LogP contribution in [0.25, 0.3) is 6.08 Å². The molecule has 2 heterocycles. The molecule has 2 aliphatic rings. The molecule has 1 aromatic rings. The monoisotopic (exact) mass is 378 g/mol. The van der Waals surface area contributed by atoms with Gasteiger partial charge in [0.25, 0.3) is 5.91 Å². The highest BCUT2D eigenvalue weighted by Crippen LogP contribution is 2.32. The highest BCUT2D eigenvalue weighted by molar-refractivity contribution is 8.18. The maximum absolute atomic E-state index is 12.2. The Kier molecular flexibility index (Phi) is 5.81. The number of rotatable bonds is 3. The van der Waals surface area contributed by atoms with Gasteiger partial charge in [-0.1, -0.05) is 23.7 Å². The normalized spacial score (nSPS) is 22.2. The van der Waals surface area contributed by atoms with E-state index in [1.54, 1.807) is 12.1 Å². The molecule has 1 amide bonds. The standard InChI is InChI=1S/C18H19ClN2O3S/c1-2-24-17(23)13-4-3-9-21(11-13)18-20-16(22)15(25-18)10-12-5-7-14(19)8-6-12/h5-8,10,13H,2-4,9,11H2,1H3/b15-10-. The predicted molar refractivity (Wildman–Crippen MR) is 100 cm³/mol. The zero-order chi connectivity index (χ0) is 17.8. The highest BCUT2D eigenvalue weighted by Gasteiger charge is 2.32. The Morgan fingerprint density at radius 1 is 1.44 bits per heavy atom. The van der Waals surface area contributed by atoms with E-state index in [4.69, 9.17) is 16.3 Å². The smallest absolute Gasteiger partial charge is 0.310 e. The van der Waals surface area contributed by atoms with Crippen LogP contribution in [0.4, 0.5) is 0 Å². The van der Waals surface area contributed by atoms with Crippen LogP contribution in [0.3, 0.4) is 0 Å². The third kappa shape index (κ3) is 4.44. The van der Waals surface area contributed by atoms with Crippen molar-refractivity contribution >= 4 is 46.5 Å². The summed E-state index contributed by atoms with van der Waals surface area (Å²) in [6, 6.07) is 7.29. The minimum atomic E-state index is -0.242. The second-order valence-electron chi connectivity index (χ2n) is 5.90.